The van der Waals surface area contributed by atoms with Gasteiger partial charge in [0.15, 0.2) is 0 Å². The molecule has 0 amide bonds. The summed E-state index contributed by atoms with van der Waals surface area (Å²) in [5, 5.41) is 18.4. The van der Waals surface area contributed by atoms with Gasteiger partial charge < -0.3 is 14.9 Å². The Morgan fingerprint density at radius 2 is 2.27 bits per heavy atom. The smallest absolute Gasteiger partial charge is 0.0961 e. The molecule has 3 atom stereocenters. The van der Waals surface area contributed by atoms with Crippen molar-refractivity contribution < 1.29 is 14.9 Å². The summed E-state index contributed by atoms with van der Waals surface area (Å²) in [5.74, 6) is 0.0394. The molecule has 2 unspecified atom stereocenters. The highest BCUT2D eigenvalue weighted by molar-refractivity contribution is 4.93. The van der Waals surface area contributed by atoms with Crippen LogP contribution in [0.4, 0.5) is 0 Å². The molecule has 0 aromatic rings. The molecule has 0 aliphatic carbocycles. The fraction of sp³-hybridized carbons (Fsp3) is 1.00. The van der Waals surface area contributed by atoms with Crippen LogP contribution in [0.15, 0.2) is 0 Å². The fourth-order valence-corrected chi connectivity index (χ4v) is 1.60. The van der Waals surface area contributed by atoms with Crippen LogP contribution >= 0.6 is 0 Å². The van der Waals surface area contributed by atoms with Crippen LogP contribution in [0, 0.1) is 5.92 Å². The molecule has 1 heterocycles. The molecule has 2 N–H and O–H groups in total. The molecule has 11 heavy (non-hydrogen) atoms. The SMILES string of the molecule is CC[C@]1(CO)OCC(O)C1C. The summed E-state index contributed by atoms with van der Waals surface area (Å²) in [6.45, 7) is 4.24. The van der Waals surface area contributed by atoms with Gasteiger partial charge in [-0.15, -0.1) is 0 Å². The lowest BCUT2D eigenvalue weighted by atomic mass is 9.86. The predicted octanol–water partition coefficient (Wildman–Crippen LogP) is 0.155. The minimum Gasteiger partial charge on any atom is -0.393 e. The van der Waals surface area contributed by atoms with Crippen molar-refractivity contribution in [2.45, 2.75) is 32.0 Å². The van der Waals surface area contributed by atoms with Crippen molar-refractivity contribution >= 4 is 0 Å². The van der Waals surface area contributed by atoms with E-state index in [-0.39, 0.29) is 12.5 Å². The molecule has 0 aromatic carbocycles. The topological polar surface area (TPSA) is 49.7 Å². The van der Waals surface area contributed by atoms with Crippen LogP contribution in [0.1, 0.15) is 20.3 Å². The van der Waals surface area contributed by atoms with Crippen LogP contribution in [-0.2, 0) is 4.74 Å². The highest BCUT2D eigenvalue weighted by atomic mass is 16.5. The lowest BCUT2D eigenvalue weighted by Gasteiger charge is -2.29. The van der Waals surface area contributed by atoms with Gasteiger partial charge in [-0.05, 0) is 6.42 Å². The number of hydrogen-bond donors (Lipinski definition) is 2. The van der Waals surface area contributed by atoms with Crippen LogP contribution in [0.5, 0.6) is 0 Å². The molecule has 0 bridgehead atoms. The molecule has 0 aromatic heterocycles. The van der Waals surface area contributed by atoms with E-state index in [2.05, 4.69) is 0 Å². The van der Waals surface area contributed by atoms with Crippen molar-refractivity contribution in [1.82, 2.24) is 0 Å². The Bertz CT molecular complexity index is 131. The quantitative estimate of drug-likeness (QED) is 0.604. The molecule has 0 saturated carbocycles. The number of aliphatic hydroxyl groups excluding tert-OH is 2. The fourth-order valence-electron chi connectivity index (χ4n) is 1.60. The minimum absolute atomic E-state index is 0.00171. The normalized spacial score (nSPS) is 44.7. The maximum atomic E-state index is 9.36. The highest BCUT2D eigenvalue weighted by Crippen LogP contribution is 2.34. The molecule has 3 heteroatoms. The number of hydrogen-bond acceptors (Lipinski definition) is 3. The van der Waals surface area contributed by atoms with Crippen LogP contribution in [0.25, 0.3) is 0 Å². The first-order valence-electron chi connectivity index (χ1n) is 4.09. The summed E-state index contributed by atoms with van der Waals surface area (Å²) in [6.07, 6.45) is 0.337. The maximum Gasteiger partial charge on any atom is 0.0961 e. The van der Waals surface area contributed by atoms with Crippen LogP contribution in [0.3, 0.4) is 0 Å². The van der Waals surface area contributed by atoms with Crippen molar-refractivity contribution in [3.05, 3.63) is 0 Å². The molecular weight excluding hydrogens is 144 g/mol. The summed E-state index contributed by atoms with van der Waals surface area (Å²) in [4.78, 5) is 0. The van der Waals surface area contributed by atoms with E-state index in [1.807, 2.05) is 13.8 Å². The average molecular weight is 160 g/mol. The van der Waals surface area contributed by atoms with Crippen molar-refractivity contribution in [2.24, 2.45) is 5.92 Å². The highest BCUT2D eigenvalue weighted by Gasteiger charge is 2.44. The molecule has 3 nitrogen and oxygen atoms in total. The van der Waals surface area contributed by atoms with Crippen molar-refractivity contribution in [1.29, 1.82) is 0 Å². The average Bonchev–Trinajstić information content (AvgIpc) is 2.32. The van der Waals surface area contributed by atoms with E-state index in [0.717, 1.165) is 6.42 Å². The number of aliphatic hydroxyl groups is 2. The second-order valence-corrected chi connectivity index (χ2v) is 3.24. The summed E-state index contributed by atoms with van der Waals surface area (Å²) in [6, 6.07) is 0. The van der Waals surface area contributed by atoms with Gasteiger partial charge in [-0.3, -0.25) is 0 Å². The monoisotopic (exact) mass is 160 g/mol. The Hall–Kier alpha value is -0.120. The van der Waals surface area contributed by atoms with E-state index in [9.17, 15) is 5.11 Å². The Morgan fingerprint density at radius 3 is 2.45 bits per heavy atom. The predicted molar refractivity (Wildman–Crippen MR) is 41.2 cm³/mol. The standard InChI is InChI=1S/C8H16O3/c1-3-8(5-9)6(2)7(10)4-11-8/h6-7,9-10H,3-5H2,1-2H3/t6?,7?,8-/m1/s1. The Morgan fingerprint density at radius 1 is 1.64 bits per heavy atom. The van der Waals surface area contributed by atoms with Crippen LogP contribution < -0.4 is 0 Å². The number of rotatable bonds is 2. The summed E-state index contributed by atoms with van der Waals surface area (Å²) in [5.41, 5.74) is -0.487. The van der Waals surface area contributed by atoms with E-state index in [0.29, 0.717) is 6.61 Å². The van der Waals surface area contributed by atoms with Gasteiger partial charge in [0.05, 0.1) is 24.9 Å². The molecule has 66 valence electrons. The van der Waals surface area contributed by atoms with E-state index in [4.69, 9.17) is 9.84 Å². The summed E-state index contributed by atoms with van der Waals surface area (Å²) < 4.78 is 5.36. The zero-order valence-corrected chi connectivity index (χ0v) is 7.08. The second-order valence-electron chi connectivity index (χ2n) is 3.24. The van der Waals surface area contributed by atoms with Gasteiger partial charge in [0, 0.05) is 5.92 Å². The zero-order chi connectivity index (χ0) is 8.48. The summed E-state index contributed by atoms with van der Waals surface area (Å²) in [7, 11) is 0. The van der Waals surface area contributed by atoms with E-state index >= 15 is 0 Å². The van der Waals surface area contributed by atoms with Gasteiger partial charge in [-0.25, -0.2) is 0 Å². The molecule has 1 fully saturated rings. The molecule has 1 aliphatic heterocycles. The van der Waals surface area contributed by atoms with Gasteiger partial charge in [0.25, 0.3) is 0 Å². The Labute approximate surface area is 67.0 Å². The van der Waals surface area contributed by atoms with E-state index in [1.165, 1.54) is 0 Å². The molecule has 1 saturated heterocycles. The molecule has 1 aliphatic rings. The van der Waals surface area contributed by atoms with E-state index in [1.54, 1.807) is 0 Å². The lowest BCUT2D eigenvalue weighted by molar-refractivity contribution is -0.0608. The lowest BCUT2D eigenvalue weighted by Crippen LogP contribution is -2.39. The third kappa shape index (κ3) is 1.28. The first kappa shape index (κ1) is 8.97. The van der Waals surface area contributed by atoms with Crippen molar-refractivity contribution in [2.75, 3.05) is 13.2 Å². The maximum absolute atomic E-state index is 9.36. The van der Waals surface area contributed by atoms with Gasteiger partial charge in [0.2, 0.25) is 0 Å². The molecular formula is C8H16O3. The molecule has 0 spiro atoms. The second kappa shape index (κ2) is 3.09. The Kier molecular flexibility index (Phi) is 2.52. The van der Waals surface area contributed by atoms with Gasteiger partial charge in [0.1, 0.15) is 0 Å². The third-order valence-corrected chi connectivity index (χ3v) is 2.81. The molecule has 0 radical (unpaired) electrons. The zero-order valence-electron chi connectivity index (χ0n) is 7.08. The summed E-state index contributed by atoms with van der Waals surface area (Å²) >= 11 is 0. The first-order chi connectivity index (χ1) is 5.16. The third-order valence-electron chi connectivity index (χ3n) is 2.81. The van der Waals surface area contributed by atoms with Crippen molar-refractivity contribution in [3.8, 4) is 0 Å². The van der Waals surface area contributed by atoms with Gasteiger partial charge in [-0.1, -0.05) is 13.8 Å². The Balaban J connectivity index is 2.69. The minimum atomic E-state index is -0.487. The largest absolute Gasteiger partial charge is 0.393 e. The molecule has 1 rings (SSSR count). The number of ether oxygens (including phenoxy) is 1. The van der Waals surface area contributed by atoms with Crippen molar-refractivity contribution in [3.63, 3.8) is 0 Å². The van der Waals surface area contributed by atoms with Gasteiger partial charge >= 0.3 is 0 Å². The van der Waals surface area contributed by atoms with Crippen LogP contribution in [-0.4, -0.2) is 35.1 Å². The van der Waals surface area contributed by atoms with E-state index < -0.39 is 11.7 Å². The van der Waals surface area contributed by atoms with Gasteiger partial charge in [-0.2, -0.15) is 0 Å². The first-order valence-corrected chi connectivity index (χ1v) is 4.09. The van der Waals surface area contributed by atoms with Crippen LogP contribution in [0.2, 0.25) is 0 Å².